The van der Waals surface area contributed by atoms with Crippen LogP contribution in [0.2, 0.25) is 0 Å². The van der Waals surface area contributed by atoms with Crippen molar-refractivity contribution in [3.8, 4) is 0 Å². The fraction of sp³-hybridized carbons (Fsp3) is 0.778. The van der Waals surface area contributed by atoms with Crippen molar-refractivity contribution in [2.75, 3.05) is 72.6 Å². The van der Waals surface area contributed by atoms with Crippen molar-refractivity contribution in [1.82, 2.24) is 9.80 Å². The molecule has 264 valence electrons. The first kappa shape index (κ1) is 33.0. The van der Waals surface area contributed by atoms with Gasteiger partial charge in [0.15, 0.2) is 0 Å². The second kappa shape index (κ2) is 11.7. The fourth-order valence-corrected chi connectivity index (χ4v) is 12.6. The Balaban J connectivity index is 1.16. The van der Waals surface area contributed by atoms with E-state index in [1.807, 2.05) is 4.90 Å². The van der Waals surface area contributed by atoms with E-state index in [0.29, 0.717) is 82.7 Å². The van der Waals surface area contributed by atoms with Crippen molar-refractivity contribution in [2.24, 2.45) is 29.1 Å². The lowest BCUT2D eigenvalue weighted by atomic mass is 9.44. The molecular weight excluding hydrogens is 618 g/mol. The molecule has 12 nitrogen and oxygen atoms in total. The van der Waals surface area contributed by atoms with Crippen LogP contribution in [-0.2, 0) is 28.5 Å². The van der Waals surface area contributed by atoms with E-state index in [1.54, 1.807) is 45.6 Å². The molecule has 7 aliphatic rings. The maximum absolute atomic E-state index is 14.4. The molecular formula is C36H51N3O9. The maximum atomic E-state index is 14.4. The minimum absolute atomic E-state index is 0.0570. The van der Waals surface area contributed by atoms with E-state index >= 15 is 0 Å². The number of benzene rings is 1. The lowest BCUT2D eigenvalue weighted by Gasteiger charge is -2.70. The average molecular weight is 670 g/mol. The van der Waals surface area contributed by atoms with Gasteiger partial charge < -0.3 is 39.2 Å². The summed E-state index contributed by atoms with van der Waals surface area (Å²) in [6.07, 6.45) is 1.83. The molecule has 3 N–H and O–H groups in total. The molecule has 1 aromatic carbocycles. The number of hydrogen-bond donors (Lipinski definition) is 3. The molecule has 12 heteroatoms. The van der Waals surface area contributed by atoms with Crippen LogP contribution in [0.4, 0.5) is 5.69 Å². The van der Waals surface area contributed by atoms with Crippen LogP contribution in [0.1, 0.15) is 49.4 Å². The summed E-state index contributed by atoms with van der Waals surface area (Å²) < 4.78 is 30.7. The molecule has 7 fully saturated rings. The maximum Gasteiger partial charge on any atom is 0.340 e. The normalized spacial score (nSPS) is 46.0. The number of nitrogens with one attached hydrogen (secondary N) is 1. The third-order valence-electron chi connectivity index (χ3n) is 14.1. The number of likely N-dealkylation sites (N-methyl/N-ethyl adjacent to an activating group) is 1. The number of likely N-dealkylation sites (tertiary alicyclic amines) is 1. The highest BCUT2D eigenvalue weighted by molar-refractivity contribution is 6.02. The molecule has 2 heterocycles. The minimum Gasteiger partial charge on any atom is -0.454 e. The molecule has 0 aromatic heterocycles. The second-order valence-corrected chi connectivity index (χ2v) is 15.4. The number of piperidine rings is 1. The van der Waals surface area contributed by atoms with Gasteiger partial charge in [-0.15, -0.1) is 0 Å². The van der Waals surface area contributed by atoms with Crippen molar-refractivity contribution in [2.45, 2.75) is 80.2 Å². The number of amides is 1. The molecule has 5 saturated carbocycles. The Morgan fingerprint density at radius 3 is 2.52 bits per heavy atom. The standard InChI is InChI=1S/C36H51N3O9/c1-5-39-20-33(48-32(41)21-8-6-7-9-24(21)37-29(40)19-38-12-14-47-15-13-38)11-10-28(45-3)35-26(33)17-23(30(35)39)34(42)18-25(44-2)22-16-27(35)36(34,43)31(22)46-4/h6-9,22-23,25-28,30-31,42-43H,5,10-20H2,1-4H3,(H,37,40)/t22-,23+,25+,26-,27+,28+,30+,31+,33-,34+,35+,36+/m1/s1. The van der Waals surface area contributed by atoms with Gasteiger partial charge in [-0.2, -0.15) is 0 Å². The molecule has 1 aromatic rings. The molecule has 2 saturated heterocycles. The number of carbonyl (C=O) groups is 2. The van der Waals surface area contributed by atoms with Gasteiger partial charge in [-0.25, -0.2) is 4.79 Å². The Morgan fingerprint density at radius 1 is 1.04 bits per heavy atom. The van der Waals surface area contributed by atoms with Gasteiger partial charge >= 0.3 is 5.97 Å². The fourth-order valence-electron chi connectivity index (χ4n) is 12.6. The van der Waals surface area contributed by atoms with E-state index in [4.69, 9.17) is 23.7 Å². The van der Waals surface area contributed by atoms with Crippen LogP contribution in [0, 0.1) is 29.1 Å². The van der Waals surface area contributed by atoms with Crippen LogP contribution in [-0.4, -0.2) is 140 Å². The van der Waals surface area contributed by atoms with Crippen LogP contribution in [0.5, 0.6) is 0 Å². The number of fused-ring (bicyclic) bond motifs is 2. The average Bonchev–Trinajstić information content (AvgIpc) is 3.51. The summed E-state index contributed by atoms with van der Waals surface area (Å²) in [5.74, 6) is -1.53. The zero-order chi connectivity index (χ0) is 33.6. The zero-order valence-corrected chi connectivity index (χ0v) is 28.6. The van der Waals surface area contributed by atoms with Crippen molar-refractivity contribution in [3.05, 3.63) is 29.8 Å². The molecule has 2 aliphatic heterocycles. The molecule has 1 amide bonds. The summed E-state index contributed by atoms with van der Waals surface area (Å²) in [6, 6.07) is 6.99. The number of carbonyl (C=O) groups excluding carboxylic acids is 2. The van der Waals surface area contributed by atoms with Crippen LogP contribution in [0.15, 0.2) is 24.3 Å². The molecule has 5 aliphatic carbocycles. The van der Waals surface area contributed by atoms with E-state index in [9.17, 15) is 19.8 Å². The van der Waals surface area contributed by atoms with Crippen molar-refractivity contribution in [3.63, 3.8) is 0 Å². The molecule has 7 bridgehead atoms. The zero-order valence-electron chi connectivity index (χ0n) is 28.6. The number of nitrogens with zero attached hydrogens (tertiary/aromatic N) is 2. The van der Waals surface area contributed by atoms with E-state index in [0.717, 1.165) is 0 Å². The Bertz CT molecular complexity index is 1440. The quantitative estimate of drug-likeness (QED) is 0.330. The number of aliphatic hydroxyl groups is 2. The summed E-state index contributed by atoms with van der Waals surface area (Å²) in [5.41, 5.74) is -3.64. The lowest BCUT2D eigenvalue weighted by molar-refractivity contribution is -0.337. The van der Waals surface area contributed by atoms with Crippen LogP contribution < -0.4 is 5.32 Å². The third-order valence-corrected chi connectivity index (χ3v) is 14.1. The number of methoxy groups -OCH3 is 3. The first-order valence-electron chi connectivity index (χ1n) is 17.8. The molecule has 0 unspecified atom stereocenters. The van der Waals surface area contributed by atoms with Crippen LogP contribution in [0.25, 0.3) is 0 Å². The number of hydrogen-bond acceptors (Lipinski definition) is 11. The second-order valence-electron chi connectivity index (χ2n) is 15.4. The number of ether oxygens (including phenoxy) is 5. The van der Waals surface area contributed by atoms with E-state index in [-0.39, 0.29) is 54.4 Å². The SMILES string of the molecule is CCN1C[C@]2(OC(=O)c3ccccc3NC(=O)CN3CCOCC3)CC[C@H](OC)[C@]34[C@@H]1[C@H](C[C@H]23)[C@@]1(O)C[C@H](OC)[C@H]2C[C@@H]4[C@]1(O)[C@H]2OC. The van der Waals surface area contributed by atoms with E-state index in [1.165, 1.54) is 0 Å². The Morgan fingerprint density at radius 2 is 1.81 bits per heavy atom. The highest BCUT2D eigenvalue weighted by Gasteiger charge is 2.89. The number of anilines is 1. The van der Waals surface area contributed by atoms with Crippen molar-refractivity contribution < 1.29 is 43.5 Å². The third kappa shape index (κ3) is 4.17. The number of rotatable bonds is 9. The molecule has 48 heavy (non-hydrogen) atoms. The summed E-state index contributed by atoms with van der Waals surface area (Å²) in [7, 11) is 5.07. The molecule has 1 spiro atoms. The van der Waals surface area contributed by atoms with Gasteiger partial charge in [0.1, 0.15) is 16.8 Å². The summed E-state index contributed by atoms with van der Waals surface area (Å²) >= 11 is 0. The van der Waals surface area contributed by atoms with Gasteiger partial charge in [0, 0.05) is 82.5 Å². The van der Waals surface area contributed by atoms with Gasteiger partial charge in [-0.1, -0.05) is 19.1 Å². The highest BCUT2D eigenvalue weighted by atomic mass is 16.6. The Kier molecular flexibility index (Phi) is 8.04. The largest absolute Gasteiger partial charge is 0.454 e. The van der Waals surface area contributed by atoms with Gasteiger partial charge in [-0.3, -0.25) is 14.6 Å². The summed E-state index contributed by atoms with van der Waals surface area (Å²) in [4.78, 5) is 31.9. The monoisotopic (exact) mass is 669 g/mol. The van der Waals surface area contributed by atoms with Gasteiger partial charge in [0.2, 0.25) is 5.91 Å². The Hall–Kier alpha value is -2.16. The minimum atomic E-state index is -1.49. The number of para-hydroxylation sites is 1. The van der Waals surface area contributed by atoms with Crippen LogP contribution in [0.3, 0.4) is 0 Å². The van der Waals surface area contributed by atoms with E-state index < -0.39 is 34.3 Å². The lowest BCUT2D eigenvalue weighted by Crippen LogP contribution is -2.83. The van der Waals surface area contributed by atoms with Crippen molar-refractivity contribution in [1.29, 1.82) is 0 Å². The highest BCUT2D eigenvalue weighted by Crippen LogP contribution is 2.79. The molecule has 0 radical (unpaired) electrons. The summed E-state index contributed by atoms with van der Waals surface area (Å²) in [6.45, 7) is 6.13. The Labute approximate surface area is 282 Å². The smallest absolute Gasteiger partial charge is 0.340 e. The number of morpholine rings is 1. The topological polar surface area (TPSA) is 139 Å². The van der Waals surface area contributed by atoms with Crippen LogP contribution >= 0.6 is 0 Å². The van der Waals surface area contributed by atoms with Crippen molar-refractivity contribution >= 4 is 17.6 Å². The molecule has 8 rings (SSSR count). The van der Waals surface area contributed by atoms with Gasteiger partial charge in [0.05, 0.1) is 49.3 Å². The molecule has 12 atom stereocenters. The first-order chi connectivity index (χ1) is 23.1. The van der Waals surface area contributed by atoms with E-state index in [2.05, 4.69) is 17.1 Å². The predicted molar refractivity (Wildman–Crippen MR) is 173 cm³/mol. The van der Waals surface area contributed by atoms with Gasteiger partial charge in [-0.05, 0) is 44.4 Å². The first-order valence-corrected chi connectivity index (χ1v) is 17.8. The summed E-state index contributed by atoms with van der Waals surface area (Å²) in [5, 5.41) is 28.9. The number of esters is 1. The van der Waals surface area contributed by atoms with Gasteiger partial charge in [0.25, 0.3) is 0 Å². The predicted octanol–water partition coefficient (Wildman–Crippen LogP) is 1.53.